The van der Waals surface area contributed by atoms with Crippen molar-refractivity contribution in [3.63, 3.8) is 0 Å². The SMILES string of the molecule is CC(C)(C)c1ccc(-n2c3ccccc3c3cnccc32)cn1. The first-order valence-electron chi connectivity index (χ1n) is 7.86. The molecular weight excluding hydrogens is 282 g/mol. The molecule has 3 aromatic heterocycles. The van der Waals surface area contributed by atoms with Gasteiger partial charge in [0.15, 0.2) is 0 Å². The second-order valence-corrected chi connectivity index (χ2v) is 6.90. The van der Waals surface area contributed by atoms with Crippen LogP contribution in [0.3, 0.4) is 0 Å². The molecule has 3 heterocycles. The molecule has 0 unspecified atom stereocenters. The smallest absolute Gasteiger partial charge is 0.0645 e. The van der Waals surface area contributed by atoms with E-state index in [1.807, 2.05) is 18.6 Å². The summed E-state index contributed by atoms with van der Waals surface area (Å²) in [5, 5.41) is 2.39. The van der Waals surface area contributed by atoms with Gasteiger partial charge in [-0.15, -0.1) is 0 Å². The highest BCUT2D eigenvalue weighted by atomic mass is 15.0. The van der Waals surface area contributed by atoms with Crippen LogP contribution in [-0.4, -0.2) is 14.5 Å². The van der Waals surface area contributed by atoms with Gasteiger partial charge in [0, 0.05) is 34.3 Å². The molecule has 0 atom stereocenters. The molecule has 0 bridgehead atoms. The van der Waals surface area contributed by atoms with E-state index in [4.69, 9.17) is 0 Å². The number of nitrogens with zero attached hydrogens (tertiary/aromatic N) is 3. The lowest BCUT2D eigenvalue weighted by molar-refractivity contribution is 0.569. The molecule has 1 aromatic carbocycles. The zero-order valence-corrected chi connectivity index (χ0v) is 13.6. The second kappa shape index (κ2) is 4.92. The van der Waals surface area contributed by atoms with Gasteiger partial charge in [0.25, 0.3) is 0 Å². The second-order valence-electron chi connectivity index (χ2n) is 6.90. The van der Waals surface area contributed by atoms with Gasteiger partial charge in [-0.25, -0.2) is 0 Å². The molecule has 0 saturated heterocycles. The zero-order valence-electron chi connectivity index (χ0n) is 13.6. The predicted molar refractivity (Wildman–Crippen MR) is 95.1 cm³/mol. The Morgan fingerprint density at radius 3 is 2.35 bits per heavy atom. The number of pyridine rings is 2. The van der Waals surface area contributed by atoms with Gasteiger partial charge >= 0.3 is 0 Å². The van der Waals surface area contributed by atoms with Crippen molar-refractivity contribution in [1.82, 2.24) is 14.5 Å². The Morgan fingerprint density at radius 1 is 0.826 bits per heavy atom. The van der Waals surface area contributed by atoms with Gasteiger partial charge in [0.05, 0.1) is 22.9 Å². The van der Waals surface area contributed by atoms with E-state index >= 15 is 0 Å². The molecule has 0 amide bonds. The van der Waals surface area contributed by atoms with E-state index in [0.29, 0.717) is 0 Å². The highest BCUT2D eigenvalue weighted by Gasteiger charge is 2.16. The first-order valence-corrected chi connectivity index (χ1v) is 7.86. The zero-order chi connectivity index (χ0) is 16.0. The van der Waals surface area contributed by atoms with Gasteiger partial charge in [-0.05, 0) is 24.3 Å². The molecule has 4 aromatic rings. The molecule has 114 valence electrons. The van der Waals surface area contributed by atoms with Crippen molar-refractivity contribution in [3.05, 3.63) is 66.7 Å². The Labute approximate surface area is 135 Å². The Kier molecular flexibility index (Phi) is 2.98. The third kappa shape index (κ3) is 2.20. The molecule has 23 heavy (non-hydrogen) atoms. The minimum absolute atomic E-state index is 0.0588. The van der Waals surface area contributed by atoms with Gasteiger partial charge in [0.2, 0.25) is 0 Å². The summed E-state index contributed by atoms with van der Waals surface area (Å²) in [5.74, 6) is 0. The fraction of sp³-hybridized carbons (Fsp3) is 0.200. The summed E-state index contributed by atoms with van der Waals surface area (Å²) in [7, 11) is 0. The third-order valence-corrected chi connectivity index (χ3v) is 4.25. The number of para-hydroxylation sites is 1. The molecule has 0 radical (unpaired) electrons. The largest absolute Gasteiger partial charge is 0.308 e. The van der Waals surface area contributed by atoms with Gasteiger partial charge < -0.3 is 4.57 Å². The standard InChI is InChI=1S/C20H19N3/c1-20(2,3)19-9-8-14(12-22-19)23-17-7-5-4-6-15(17)16-13-21-11-10-18(16)23/h4-13H,1-3H3. The topological polar surface area (TPSA) is 30.7 Å². The minimum atomic E-state index is 0.0588. The average Bonchev–Trinajstić information content (AvgIpc) is 2.89. The normalized spacial score (nSPS) is 12.1. The molecule has 3 nitrogen and oxygen atoms in total. The molecule has 0 saturated carbocycles. The third-order valence-electron chi connectivity index (χ3n) is 4.25. The summed E-state index contributed by atoms with van der Waals surface area (Å²) in [6.45, 7) is 6.55. The van der Waals surface area contributed by atoms with Crippen molar-refractivity contribution in [2.75, 3.05) is 0 Å². The Hall–Kier alpha value is -2.68. The van der Waals surface area contributed by atoms with E-state index in [0.717, 1.165) is 16.9 Å². The fourth-order valence-corrected chi connectivity index (χ4v) is 3.06. The van der Waals surface area contributed by atoms with Crippen LogP contribution in [0.2, 0.25) is 0 Å². The molecule has 0 aliphatic heterocycles. The number of fused-ring (bicyclic) bond motifs is 3. The van der Waals surface area contributed by atoms with Crippen molar-refractivity contribution >= 4 is 21.8 Å². The monoisotopic (exact) mass is 301 g/mol. The fourth-order valence-electron chi connectivity index (χ4n) is 3.06. The van der Waals surface area contributed by atoms with E-state index in [1.165, 1.54) is 16.3 Å². The van der Waals surface area contributed by atoms with Gasteiger partial charge in [-0.3, -0.25) is 9.97 Å². The van der Waals surface area contributed by atoms with Crippen LogP contribution in [0.1, 0.15) is 26.5 Å². The van der Waals surface area contributed by atoms with Crippen LogP contribution in [0, 0.1) is 0 Å². The minimum Gasteiger partial charge on any atom is -0.308 e. The molecule has 0 spiro atoms. The van der Waals surface area contributed by atoms with Crippen molar-refractivity contribution < 1.29 is 0 Å². The van der Waals surface area contributed by atoms with E-state index < -0.39 is 0 Å². The summed E-state index contributed by atoms with van der Waals surface area (Å²) < 4.78 is 2.26. The maximum Gasteiger partial charge on any atom is 0.0645 e. The van der Waals surface area contributed by atoms with Crippen LogP contribution in [0.25, 0.3) is 27.5 Å². The van der Waals surface area contributed by atoms with Crippen LogP contribution in [-0.2, 0) is 5.41 Å². The van der Waals surface area contributed by atoms with Crippen LogP contribution in [0.5, 0.6) is 0 Å². The molecule has 0 aliphatic rings. The first kappa shape index (κ1) is 13.9. The van der Waals surface area contributed by atoms with Crippen LogP contribution in [0.4, 0.5) is 0 Å². The summed E-state index contributed by atoms with van der Waals surface area (Å²) >= 11 is 0. The van der Waals surface area contributed by atoms with Crippen molar-refractivity contribution in [1.29, 1.82) is 0 Å². The summed E-state index contributed by atoms with van der Waals surface area (Å²) in [5.41, 5.74) is 4.58. The lowest BCUT2D eigenvalue weighted by Gasteiger charge is -2.18. The lowest BCUT2D eigenvalue weighted by atomic mass is 9.92. The van der Waals surface area contributed by atoms with Crippen LogP contribution < -0.4 is 0 Å². The van der Waals surface area contributed by atoms with Gasteiger partial charge in [-0.1, -0.05) is 39.0 Å². The van der Waals surface area contributed by atoms with Crippen LogP contribution in [0.15, 0.2) is 61.1 Å². The van der Waals surface area contributed by atoms with Crippen molar-refractivity contribution in [2.24, 2.45) is 0 Å². The maximum absolute atomic E-state index is 4.68. The van der Waals surface area contributed by atoms with Gasteiger partial charge in [0.1, 0.15) is 0 Å². The molecular formula is C20H19N3. The molecule has 4 rings (SSSR count). The Morgan fingerprint density at radius 2 is 1.61 bits per heavy atom. The highest BCUT2D eigenvalue weighted by Crippen LogP contribution is 2.31. The van der Waals surface area contributed by atoms with E-state index in [-0.39, 0.29) is 5.41 Å². The number of rotatable bonds is 1. The summed E-state index contributed by atoms with van der Waals surface area (Å²) in [6.07, 6.45) is 5.74. The number of hydrogen-bond acceptors (Lipinski definition) is 2. The molecule has 0 aliphatic carbocycles. The van der Waals surface area contributed by atoms with E-state index in [2.05, 4.69) is 77.8 Å². The Bertz CT molecular complexity index is 936. The molecule has 3 heteroatoms. The van der Waals surface area contributed by atoms with Gasteiger partial charge in [-0.2, -0.15) is 0 Å². The first-order chi connectivity index (χ1) is 11.1. The number of benzene rings is 1. The van der Waals surface area contributed by atoms with E-state index in [9.17, 15) is 0 Å². The van der Waals surface area contributed by atoms with Crippen LogP contribution >= 0.6 is 0 Å². The molecule has 0 fully saturated rings. The van der Waals surface area contributed by atoms with E-state index in [1.54, 1.807) is 0 Å². The summed E-state index contributed by atoms with van der Waals surface area (Å²) in [4.78, 5) is 8.97. The predicted octanol–water partition coefficient (Wildman–Crippen LogP) is 4.87. The average molecular weight is 301 g/mol. The van der Waals surface area contributed by atoms with Crippen molar-refractivity contribution in [3.8, 4) is 5.69 Å². The van der Waals surface area contributed by atoms with Crippen molar-refractivity contribution in [2.45, 2.75) is 26.2 Å². The Balaban J connectivity index is 2.01. The molecule has 0 N–H and O–H groups in total. The number of aromatic nitrogens is 3. The quantitative estimate of drug-likeness (QED) is 0.502. The number of hydrogen-bond donors (Lipinski definition) is 0. The highest BCUT2D eigenvalue weighted by molar-refractivity contribution is 6.08. The lowest BCUT2D eigenvalue weighted by Crippen LogP contribution is -2.13. The summed E-state index contributed by atoms with van der Waals surface area (Å²) in [6, 6.07) is 14.8. The maximum atomic E-state index is 4.68.